The lowest BCUT2D eigenvalue weighted by molar-refractivity contribution is -0.117. The Bertz CT molecular complexity index is 523. The van der Waals surface area contributed by atoms with E-state index in [1.54, 1.807) is 0 Å². The van der Waals surface area contributed by atoms with Gasteiger partial charge in [0, 0.05) is 24.8 Å². The zero-order chi connectivity index (χ0) is 15.0. The van der Waals surface area contributed by atoms with Gasteiger partial charge in [-0.1, -0.05) is 18.2 Å². The van der Waals surface area contributed by atoms with Crippen molar-refractivity contribution in [1.29, 1.82) is 0 Å². The fraction of sp³-hybridized carbons (Fsp3) is 0.588. The van der Waals surface area contributed by atoms with E-state index in [0.29, 0.717) is 24.4 Å². The summed E-state index contributed by atoms with van der Waals surface area (Å²) in [7, 11) is 0. The molecule has 0 spiro atoms. The maximum atomic E-state index is 12.3. The fourth-order valence-electron chi connectivity index (χ4n) is 3.92. The van der Waals surface area contributed by atoms with E-state index in [2.05, 4.69) is 10.2 Å². The first-order valence-electron chi connectivity index (χ1n) is 7.88. The average Bonchev–Trinajstić information content (AvgIpc) is 2.97. The molecular formula is C17H25N3O. The molecule has 2 fully saturated rings. The third-order valence-electron chi connectivity index (χ3n) is 5.10. The molecule has 1 aromatic rings. The van der Waals surface area contributed by atoms with Gasteiger partial charge in [0.1, 0.15) is 0 Å². The van der Waals surface area contributed by atoms with Gasteiger partial charge in [0.15, 0.2) is 0 Å². The number of hydrogen-bond acceptors (Lipinski definition) is 3. The molecule has 4 nitrogen and oxygen atoms in total. The van der Waals surface area contributed by atoms with Gasteiger partial charge in [-0.25, -0.2) is 0 Å². The van der Waals surface area contributed by atoms with E-state index in [0.717, 1.165) is 36.3 Å². The van der Waals surface area contributed by atoms with Crippen LogP contribution in [0.25, 0.3) is 0 Å². The molecule has 1 aromatic carbocycles. The third-order valence-corrected chi connectivity index (χ3v) is 5.10. The van der Waals surface area contributed by atoms with Gasteiger partial charge in [-0.15, -0.1) is 0 Å². The van der Waals surface area contributed by atoms with E-state index in [1.807, 2.05) is 32.0 Å². The normalized spacial score (nSPS) is 28.6. The number of nitrogens with one attached hydrogen (secondary N) is 1. The fourth-order valence-corrected chi connectivity index (χ4v) is 3.92. The molecule has 1 saturated heterocycles. The Kier molecular flexibility index (Phi) is 4.00. The summed E-state index contributed by atoms with van der Waals surface area (Å²) in [5.74, 6) is 1.38. The summed E-state index contributed by atoms with van der Waals surface area (Å²) < 4.78 is 0. The first-order chi connectivity index (χ1) is 10.0. The molecule has 114 valence electrons. The molecule has 0 radical (unpaired) electrons. The minimum absolute atomic E-state index is 0.0842. The standard InChI is InChI=1S/C17H25N3O/c1-11-4-3-5-12(2)17(11)19-16(21)10-20-8-13-6-7-15(18)14(13)9-20/h3-5,13-15H,6-10,18H2,1-2H3,(H,19,21). The second-order valence-electron chi connectivity index (χ2n) is 6.67. The molecular weight excluding hydrogens is 262 g/mol. The highest BCUT2D eigenvalue weighted by molar-refractivity contribution is 5.93. The average molecular weight is 287 g/mol. The molecule has 3 atom stereocenters. The number of nitrogens with zero attached hydrogens (tertiary/aromatic N) is 1. The minimum atomic E-state index is 0.0842. The van der Waals surface area contributed by atoms with Crippen LogP contribution in [-0.2, 0) is 4.79 Å². The number of fused-ring (bicyclic) bond motifs is 1. The van der Waals surface area contributed by atoms with Crippen LogP contribution in [0.4, 0.5) is 5.69 Å². The number of carbonyl (C=O) groups excluding carboxylic acids is 1. The van der Waals surface area contributed by atoms with Crippen LogP contribution in [-0.4, -0.2) is 36.5 Å². The number of aryl methyl sites for hydroxylation is 2. The number of anilines is 1. The van der Waals surface area contributed by atoms with Crippen molar-refractivity contribution in [2.75, 3.05) is 25.0 Å². The first kappa shape index (κ1) is 14.5. The van der Waals surface area contributed by atoms with Crippen LogP contribution >= 0.6 is 0 Å². The highest BCUT2D eigenvalue weighted by Gasteiger charge is 2.41. The quantitative estimate of drug-likeness (QED) is 0.893. The number of benzene rings is 1. The summed E-state index contributed by atoms with van der Waals surface area (Å²) in [5, 5.41) is 3.07. The Morgan fingerprint density at radius 2 is 2.00 bits per heavy atom. The van der Waals surface area contributed by atoms with E-state index >= 15 is 0 Å². The van der Waals surface area contributed by atoms with Crippen molar-refractivity contribution in [3.05, 3.63) is 29.3 Å². The predicted molar refractivity (Wildman–Crippen MR) is 85.2 cm³/mol. The highest BCUT2D eigenvalue weighted by Crippen LogP contribution is 2.36. The van der Waals surface area contributed by atoms with Crippen LogP contribution in [0.3, 0.4) is 0 Å². The van der Waals surface area contributed by atoms with E-state index in [4.69, 9.17) is 5.73 Å². The lowest BCUT2D eigenvalue weighted by atomic mass is 9.98. The van der Waals surface area contributed by atoms with Gasteiger partial charge in [-0.2, -0.15) is 0 Å². The molecule has 2 aliphatic rings. The number of para-hydroxylation sites is 1. The zero-order valence-corrected chi connectivity index (χ0v) is 12.9. The van der Waals surface area contributed by atoms with Gasteiger partial charge in [-0.05, 0) is 49.7 Å². The second kappa shape index (κ2) is 5.78. The van der Waals surface area contributed by atoms with Crippen molar-refractivity contribution in [3.8, 4) is 0 Å². The molecule has 3 unspecified atom stereocenters. The topological polar surface area (TPSA) is 58.4 Å². The van der Waals surface area contributed by atoms with E-state index in [9.17, 15) is 4.79 Å². The lowest BCUT2D eigenvalue weighted by Gasteiger charge is -2.19. The molecule has 1 saturated carbocycles. The first-order valence-corrected chi connectivity index (χ1v) is 7.88. The van der Waals surface area contributed by atoms with Crippen LogP contribution in [0, 0.1) is 25.7 Å². The van der Waals surface area contributed by atoms with E-state index < -0.39 is 0 Å². The number of amides is 1. The van der Waals surface area contributed by atoms with Gasteiger partial charge in [-0.3, -0.25) is 9.69 Å². The highest BCUT2D eigenvalue weighted by atomic mass is 16.2. The maximum Gasteiger partial charge on any atom is 0.238 e. The smallest absolute Gasteiger partial charge is 0.238 e. The summed E-state index contributed by atoms with van der Waals surface area (Å²) in [6, 6.07) is 6.41. The Labute approximate surface area is 126 Å². The molecule has 1 heterocycles. The summed E-state index contributed by atoms with van der Waals surface area (Å²) in [6.07, 6.45) is 2.37. The monoisotopic (exact) mass is 287 g/mol. The van der Waals surface area contributed by atoms with Gasteiger partial charge in [0.2, 0.25) is 5.91 Å². The summed E-state index contributed by atoms with van der Waals surface area (Å²) >= 11 is 0. The third kappa shape index (κ3) is 2.97. The van der Waals surface area contributed by atoms with Crippen LogP contribution in [0.1, 0.15) is 24.0 Å². The summed E-state index contributed by atoms with van der Waals surface area (Å²) in [5.41, 5.74) is 9.34. The van der Waals surface area contributed by atoms with Crippen LogP contribution in [0.5, 0.6) is 0 Å². The Balaban J connectivity index is 1.58. The van der Waals surface area contributed by atoms with Gasteiger partial charge >= 0.3 is 0 Å². The Morgan fingerprint density at radius 3 is 2.67 bits per heavy atom. The molecule has 3 N–H and O–H groups in total. The SMILES string of the molecule is Cc1cccc(C)c1NC(=O)CN1CC2CCC(N)C2C1. The maximum absolute atomic E-state index is 12.3. The number of rotatable bonds is 3. The van der Waals surface area contributed by atoms with Crippen molar-refractivity contribution in [3.63, 3.8) is 0 Å². The summed E-state index contributed by atoms with van der Waals surface area (Å²) in [6.45, 7) is 6.54. The van der Waals surface area contributed by atoms with Gasteiger partial charge in [0.25, 0.3) is 0 Å². The summed E-state index contributed by atoms with van der Waals surface area (Å²) in [4.78, 5) is 14.6. The van der Waals surface area contributed by atoms with E-state index in [1.165, 1.54) is 6.42 Å². The van der Waals surface area contributed by atoms with Crippen molar-refractivity contribution >= 4 is 11.6 Å². The zero-order valence-electron chi connectivity index (χ0n) is 12.9. The van der Waals surface area contributed by atoms with Crippen molar-refractivity contribution in [1.82, 2.24) is 4.90 Å². The lowest BCUT2D eigenvalue weighted by Crippen LogP contribution is -2.35. The van der Waals surface area contributed by atoms with Crippen LogP contribution < -0.4 is 11.1 Å². The molecule has 0 aromatic heterocycles. The number of likely N-dealkylation sites (tertiary alicyclic amines) is 1. The molecule has 1 aliphatic heterocycles. The second-order valence-corrected chi connectivity index (χ2v) is 6.67. The van der Waals surface area contributed by atoms with Crippen molar-refractivity contribution < 1.29 is 4.79 Å². The predicted octanol–water partition coefficient (Wildman–Crippen LogP) is 1.91. The molecule has 3 rings (SSSR count). The number of carbonyl (C=O) groups is 1. The van der Waals surface area contributed by atoms with Gasteiger partial charge < -0.3 is 11.1 Å². The van der Waals surface area contributed by atoms with Crippen molar-refractivity contribution in [2.24, 2.45) is 17.6 Å². The molecule has 21 heavy (non-hydrogen) atoms. The van der Waals surface area contributed by atoms with Crippen LogP contribution in [0.2, 0.25) is 0 Å². The molecule has 1 aliphatic carbocycles. The van der Waals surface area contributed by atoms with E-state index in [-0.39, 0.29) is 5.91 Å². The number of nitrogens with two attached hydrogens (primary N) is 1. The minimum Gasteiger partial charge on any atom is -0.327 e. The van der Waals surface area contributed by atoms with Crippen LogP contribution in [0.15, 0.2) is 18.2 Å². The van der Waals surface area contributed by atoms with Gasteiger partial charge in [0.05, 0.1) is 6.54 Å². The largest absolute Gasteiger partial charge is 0.327 e. The molecule has 4 heteroatoms. The van der Waals surface area contributed by atoms with Crippen molar-refractivity contribution in [2.45, 2.75) is 32.7 Å². The molecule has 1 amide bonds. The Hall–Kier alpha value is -1.39. The Morgan fingerprint density at radius 1 is 1.29 bits per heavy atom. The number of hydrogen-bond donors (Lipinski definition) is 2. The molecule has 0 bridgehead atoms.